The van der Waals surface area contributed by atoms with Gasteiger partial charge < -0.3 is 4.74 Å². The average Bonchev–Trinajstić information content (AvgIpc) is 3.22. The molecule has 1 aliphatic carbocycles. The molecular weight excluding hydrogens is 254 g/mol. The second kappa shape index (κ2) is 5.45. The van der Waals surface area contributed by atoms with E-state index in [1.54, 1.807) is 13.1 Å². The zero-order chi connectivity index (χ0) is 13.9. The molecule has 0 radical (unpaired) electrons. The lowest BCUT2D eigenvalue weighted by atomic mass is 10.2. The summed E-state index contributed by atoms with van der Waals surface area (Å²) in [5.41, 5.74) is 2.44. The van der Waals surface area contributed by atoms with Crippen molar-refractivity contribution < 1.29 is 9.53 Å². The molecule has 0 saturated heterocycles. The molecule has 5 heteroatoms. The predicted molar refractivity (Wildman–Crippen MR) is 73.5 cm³/mol. The van der Waals surface area contributed by atoms with E-state index in [0.717, 1.165) is 24.2 Å². The third kappa shape index (κ3) is 2.71. The van der Waals surface area contributed by atoms with Crippen LogP contribution in [0.5, 0.6) is 0 Å². The van der Waals surface area contributed by atoms with E-state index >= 15 is 0 Å². The van der Waals surface area contributed by atoms with Crippen molar-refractivity contribution in [1.29, 1.82) is 0 Å². The van der Waals surface area contributed by atoms with Gasteiger partial charge in [0.2, 0.25) is 0 Å². The highest BCUT2D eigenvalue weighted by Gasteiger charge is 2.29. The minimum atomic E-state index is -0.353. The molecule has 5 nitrogen and oxygen atoms in total. The Morgan fingerprint density at radius 1 is 1.45 bits per heavy atom. The molecule has 0 atom stereocenters. The maximum atomic E-state index is 11.8. The van der Waals surface area contributed by atoms with Crippen molar-refractivity contribution in [3.05, 3.63) is 47.5 Å². The Morgan fingerprint density at radius 3 is 2.95 bits per heavy atom. The molecule has 0 bridgehead atoms. The van der Waals surface area contributed by atoms with E-state index in [4.69, 9.17) is 4.74 Å². The van der Waals surface area contributed by atoms with Crippen molar-refractivity contribution in [1.82, 2.24) is 14.8 Å². The SMILES string of the molecule is CCOC(=O)c1cc(C2CC2)n(Cc2ccccn2)n1. The third-order valence-corrected chi connectivity index (χ3v) is 3.33. The first kappa shape index (κ1) is 12.8. The van der Waals surface area contributed by atoms with Crippen molar-refractivity contribution in [2.24, 2.45) is 0 Å². The number of hydrogen-bond acceptors (Lipinski definition) is 4. The second-order valence-corrected chi connectivity index (χ2v) is 4.93. The van der Waals surface area contributed by atoms with E-state index in [1.165, 1.54) is 0 Å². The summed E-state index contributed by atoms with van der Waals surface area (Å²) in [5, 5.41) is 4.39. The average molecular weight is 271 g/mol. The van der Waals surface area contributed by atoms with Gasteiger partial charge in [-0.25, -0.2) is 4.79 Å². The summed E-state index contributed by atoms with van der Waals surface area (Å²) in [5.74, 6) is 0.170. The van der Waals surface area contributed by atoms with Crippen molar-refractivity contribution in [2.75, 3.05) is 6.61 Å². The molecule has 2 heterocycles. The van der Waals surface area contributed by atoms with Gasteiger partial charge >= 0.3 is 5.97 Å². The molecule has 1 fully saturated rings. The second-order valence-electron chi connectivity index (χ2n) is 4.93. The van der Waals surface area contributed by atoms with Crippen LogP contribution in [-0.2, 0) is 11.3 Å². The molecule has 104 valence electrons. The fourth-order valence-electron chi connectivity index (χ4n) is 2.22. The number of carbonyl (C=O) groups is 1. The van der Waals surface area contributed by atoms with E-state index in [2.05, 4.69) is 10.1 Å². The number of ether oxygens (including phenoxy) is 1. The molecule has 0 N–H and O–H groups in total. The Labute approximate surface area is 117 Å². The summed E-state index contributed by atoms with van der Waals surface area (Å²) in [6.45, 7) is 2.75. The molecule has 3 rings (SSSR count). The molecule has 20 heavy (non-hydrogen) atoms. The largest absolute Gasteiger partial charge is 0.461 e. The minimum Gasteiger partial charge on any atom is -0.461 e. The van der Waals surface area contributed by atoms with Crippen LogP contribution in [-0.4, -0.2) is 27.3 Å². The van der Waals surface area contributed by atoms with Crippen LogP contribution in [0.1, 0.15) is 47.6 Å². The van der Waals surface area contributed by atoms with E-state index in [-0.39, 0.29) is 5.97 Å². The minimum absolute atomic E-state index is 0.353. The van der Waals surface area contributed by atoms with Crippen LogP contribution in [0.2, 0.25) is 0 Å². The highest BCUT2D eigenvalue weighted by atomic mass is 16.5. The fraction of sp³-hybridized carbons (Fsp3) is 0.400. The van der Waals surface area contributed by atoms with Crippen molar-refractivity contribution >= 4 is 5.97 Å². The number of aromatic nitrogens is 3. The van der Waals surface area contributed by atoms with Gasteiger partial charge in [0.25, 0.3) is 0 Å². The zero-order valence-electron chi connectivity index (χ0n) is 11.5. The Balaban J connectivity index is 1.87. The predicted octanol–water partition coefficient (Wildman–Crippen LogP) is 2.38. The number of hydrogen-bond donors (Lipinski definition) is 0. The molecule has 0 amide bonds. The van der Waals surface area contributed by atoms with Crippen molar-refractivity contribution in [2.45, 2.75) is 32.2 Å². The first-order valence-corrected chi connectivity index (χ1v) is 6.92. The topological polar surface area (TPSA) is 57.0 Å². The van der Waals surface area contributed by atoms with Crippen molar-refractivity contribution in [3.63, 3.8) is 0 Å². The lowest BCUT2D eigenvalue weighted by Crippen LogP contribution is -2.09. The summed E-state index contributed by atoms with van der Waals surface area (Å²) in [7, 11) is 0. The van der Waals surface area contributed by atoms with E-state index < -0.39 is 0 Å². The number of carbonyl (C=O) groups excluding carboxylic acids is 1. The number of rotatable bonds is 5. The van der Waals surface area contributed by atoms with Crippen LogP contribution >= 0.6 is 0 Å². The Bertz CT molecular complexity index is 603. The van der Waals surface area contributed by atoms with Crippen LogP contribution in [0.3, 0.4) is 0 Å². The van der Waals surface area contributed by atoms with E-state index in [1.807, 2.05) is 28.9 Å². The summed E-state index contributed by atoms with van der Waals surface area (Å²) in [4.78, 5) is 16.1. The summed E-state index contributed by atoms with van der Waals surface area (Å²) in [6.07, 6.45) is 4.09. The summed E-state index contributed by atoms with van der Waals surface area (Å²) >= 11 is 0. The van der Waals surface area contributed by atoms with Gasteiger partial charge in [-0.3, -0.25) is 9.67 Å². The molecule has 2 aromatic heterocycles. The zero-order valence-corrected chi connectivity index (χ0v) is 11.5. The smallest absolute Gasteiger partial charge is 0.358 e. The first-order chi connectivity index (χ1) is 9.78. The molecule has 0 aromatic carbocycles. The Morgan fingerprint density at radius 2 is 2.30 bits per heavy atom. The Hall–Kier alpha value is -2.17. The van der Waals surface area contributed by atoms with Crippen LogP contribution in [0.15, 0.2) is 30.5 Å². The first-order valence-electron chi connectivity index (χ1n) is 6.92. The van der Waals surface area contributed by atoms with Gasteiger partial charge in [0, 0.05) is 17.8 Å². The van der Waals surface area contributed by atoms with Gasteiger partial charge in [-0.15, -0.1) is 0 Å². The number of pyridine rings is 1. The maximum absolute atomic E-state index is 11.8. The van der Waals surface area contributed by atoms with Gasteiger partial charge in [-0.2, -0.15) is 5.10 Å². The van der Waals surface area contributed by atoms with Crippen molar-refractivity contribution in [3.8, 4) is 0 Å². The highest BCUT2D eigenvalue weighted by molar-refractivity contribution is 5.87. The Kier molecular flexibility index (Phi) is 3.50. The van der Waals surface area contributed by atoms with Crippen LogP contribution in [0, 0.1) is 0 Å². The highest BCUT2D eigenvalue weighted by Crippen LogP contribution is 2.40. The van der Waals surface area contributed by atoms with Gasteiger partial charge in [-0.05, 0) is 38.0 Å². The molecule has 1 aliphatic rings. The monoisotopic (exact) mass is 271 g/mol. The molecular formula is C15H17N3O2. The van der Waals surface area contributed by atoms with Crippen LogP contribution in [0.25, 0.3) is 0 Å². The quantitative estimate of drug-likeness (QED) is 0.783. The molecule has 0 aliphatic heterocycles. The molecule has 0 unspecified atom stereocenters. The molecule has 1 saturated carbocycles. The lowest BCUT2D eigenvalue weighted by Gasteiger charge is -2.05. The molecule has 0 spiro atoms. The van der Waals surface area contributed by atoms with Gasteiger partial charge in [-0.1, -0.05) is 6.07 Å². The van der Waals surface area contributed by atoms with Crippen LogP contribution in [0.4, 0.5) is 0 Å². The molecule has 2 aromatic rings. The summed E-state index contributed by atoms with van der Waals surface area (Å²) in [6, 6.07) is 7.66. The van der Waals surface area contributed by atoms with Gasteiger partial charge in [0.05, 0.1) is 18.8 Å². The van der Waals surface area contributed by atoms with Gasteiger partial charge in [0.1, 0.15) is 0 Å². The fourth-order valence-corrected chi connectivity index (χ4v) is 2.22. The van der Waals surface area contributed by atoms with Crippen LogP contribution < -0.4 is 0 Å². The van der Waals surface area contributed by atoms with E-state index in [9.17, 15) is 4.79 Å². The number of nitrogens with zero attached hydrogens (tertiary/aromatic N) is 3. The number of esters is 1. The lowest BCUT2D eigenvalue weighted by molar-refractivity contribution is 0.0518. The van der Waals surface area contributed by atoms with E-state index in [0.29, 0.717) is 24.8 Å². The standard InChI is InChI=1S/C15H17N3O2/c1-2-20-15(19)13-9-14(11-6-7-11)18(17-13)10-12-5-3-4-8-16-12/h3-5,8-9,11H,2,6-7,10H2,1H3. The normalized spacial score (nSPS) is 14.2. The van der Waals surface area contributed by atoms with Gasteiger partial charge in [0.15, 0.2) is 5.69 Å². The third-order valence-electron chi connectivity index (χ3n) is 3.33. The maximum Gasteiger partial charge on any atom is 0.358 e. The summed E-state index contributed by atoms with van der Waals surface area (Å²) < 4.78 is 6.90.